The van der Waals surface area contributed by atoms with Crippen LogP contribution >= 0.6 is 15.9 Å². The Hall–Kier alpha value is -1.47. The van der Waals surface area contributed by atoms with Gasteiger partial charge in [0.1, 0.15) is 6.10 Å². The van der Waals surface area contributed by atoms with Gasteiger partial charge in [-0.05, 0) is 34.8 Å². The van der Waals surface area contributed by atoms with Gasteiger partial charge >= 0.3 is 5.97 Å². The van der Waals surface area contributed by atoms with E-state index in [0.29, 0.717) is 23.0 Å². The summed E-state index contributed by atoms with van der Waals surface area (Å²) in [6.07, 6.45) is 2.27. The summed E-state index contributed by atoms with van der Waals surface area (Å²) in [5.41, 5.74) is 0.581. The van der Waals surface area contributed by atoms with E-state index in [1.807, 2.05) is 0 Å². The summed E-state index contributed by atoms with van der Waals surface area (Å²) in [6.45, 7) is 0. The second-order valence-corrected chi connectivity index (χ2v) is 4.73. The number of ether oxygens (including phenoxy) is 1. The highest BCUT2D eigenvalue weighted by Gasteiger charge is 2.34. The van der Waals surface area contributed by atoms with Gasteiger partial charge in [-0.15, -0.1) is 0 Å². The Balaban J connectivity index is 1.98. The number of carbonyl (C=O) groups is 2. The first-order valence-corrected chi connectivity index (χ1v) is 6.16. The molecule has 0 aromatic carbocycles. The van der Waals surface area contributed by atoms with Crippen LogP contribution in [0.1, 0.15) is 12.8 Å². The van der Waals surface area contributed by atoms with E-state index in [2.05, 4.69) is 26.2 Å². The first-order valence-electron chi connectivity index (χ1n) is 5.36. The number of rotatable bonds is 3. The van der Waals surface area contributed by atoms with E-state index in [1.165, 1.54) is 0 Å². The minimum atomic E-state index is -1.03. The number of carboxylic acid groups (broad SMARTS) is 1. The average molecular weight is 315 g/mol. The molecule has 1 aromatic rings. The normalized spacial score (nSPS) is 22.7. The van der Waals surface area contributed by atoms with Gasteiger partial charge < -0.3 is 15.2 Å². The van der Waals surface area contributed by atoms with E-state index in [4.69, 9.17) is 9.84 Å². The van der Waals surface area contributed by atoms with E-state index in [1.54, 1.807) is 18.5 Å². The van der Waals surface area contributed by atoms with E-state index in [9.17, 15) is 9.59 Å². The number of carboxylic acids is 1. The summed E-state index contributed by atoms with van der Waals surface area (Å²) < 4.78 is 5.81. The SMILES string of the molecule is O=C(Nc1ccncc1Br)[C@@H]1CC[C@H](C(=O)O)O1. The van der Waals surface area contributed by atoms with Gasteiger partial charge in [-0.3, -0.25) is 9.78 Å². The van der Waals surface area contributed by atoms with Gasteiger partial charge in [-0.25, -0.2) is 4.79 Å². The summed E-state index contributed by atoms with van der Waals surface area (Å²) in [5.74, 6) is -1.37. The van der Waals surface area contributed by atoms with Crippen molar-refractivity contribution in [2.75, 3.05) is 5.32 Å². The fraction of sp³-hybridized carbons (Fsp3) is 0.364. The zero-order chi connectivity index (χ0) is 13.1. The molecule has 2 rings (SSSR count). The largest absolute Gasteiger partial charge is 0.479 e. The Morgan fingerprint density at radius 2 is 2.17 bits per heavy atom. The predicted molar refractivity (Wildman–Crippen MR) is 66.1 cm³/mol. The van der Waals surface area contributed by atoms with E-state index >= 15 is 0 Å². The van der Waals surface area contributed by atoms with Crippen LogP contribution in [0, 0.1) is 0 Å². The second kappa shape index (κ2) is 5.45. The van der Waals surface area contributed by atoms with Crippen molar-refractivity contribution in [1.29, 1.82) is 0 Å². The maximum Gasteiger partial charge on any atom is 0.332 e. The first kappa shape index (κ1) is 13.0. The first-order chi connectivity index (χ1) is 8.58. The Morgan fingerprint density at radius 1 is 1.44 bits per heavy atom. The molecule has 0 radical (unpaired) electrons. The lowest BCUT2D eigenvalue weighted by atomic mass is 10.2. The zero-order valence-electron chi connectivity index (χ0n) is 9.30. The average Bonchev–Trinajstić information content (AvgIpc) is 2.81. The molecule has 7 heteroatoms. The van der Waals surface area contributed by atoms with Crippen LogP contribution in [0.25, 0.3) is 0 Å². The topological polar surface area (TPSA) is 88.5 Å². The van der Waals surface area contributed by atoms with Crippen molar-refractivity contribution in [3.05, 3.63) is 22.9 Å². The predicted octanol–water partition coefficient (Wildman–Crippen LogP) is 1.41. The van der Waals surface area contributed by atoms with Crippen LogP contribution in [0.15, 0.2) is 22.9 Å². The number of anilines is 1. The molecule has 2 heterocycles. The van der Waals surface area contributed by atoms with E-state index in [-0.39, 0.29) is 5.91 Å². The molecule has 6 nitrogen and oxygen atoms in total. The number of nitrogens with one attached hydrogen (secondary N) is 1. The third-order valence-corrected chi connectivity index (χ3v) is 3.25. The molecular formula is C11H11BrN2O4. The van der Waals surface area contributed by atoms with Crippen molar-refractivity contribution < 1.29 is 19.4 Å². The van der Waals surface area contributed by atoms with Crippen molar-refractivity contribution in [2.45, 2.75) is 25.0 Å². The fourth-order valence-electron chi connectivity index (χ4n) is 1.70. The number of hydrogen-bond donors (Lipinski definition) is 2. The van der Waals surface area contributed by atoms with Crippen molar-refractivity contribution in [3.8, 4) is 0 Å². The van der Waals surface area contributed by atoms with Crippen LogP contribution in [0.3, 0.4) is 0 Å². The number of halogens is 1. The molecule has 2 N–H and O–H groups in total. The molecule has 1 fully saturated rings. The van der Waals surface area contributed by atoms with Crippen LogP contribution in [-0.4, -0.2) is 34.2 Å². The summed E-state index contributed by atoms with van der Waals surface area (Å²) in [4.78, 5) is 26.5. The number of amides is 1. The molecule has 0 unspecified atom stereocenters. The van der Waals surface area contributed by atoms with Gasteiger partial charge in [-0.2, -0.15) is 0 Å². The minimum absolute atomic E-state index is 0.342. The highest BCUT2D eigenvalue weighted by atomic mass is 79.9. The van der Waals surface area contributed by atoms with Gasteiger partial charge in [0.05, 0.1) is 10.2 Å². The molecule has 0 spiro atoms. The molecule has 2 atom stereocenters. The Bertz CT molecular complexity index is 480. The molecule has 0 bridgehead atoms. The Kier molecular flexibility index (Phi) is 3.93. The van der Waals surface area contributed by atoms with Gasteiger partial charge in [0.15, 0.2) is 6.10 Å². The van der Waals surface area contributed by atoms with Crippen LogP contribution in [0.4, 0.5) is 5.69 Å². The lowest BCUT2D eigenvalue weighted by Crippen LogP contribution is -2.30. The molecule has 1 aliphatic heterocycles. The van der Waals surface area contributed by atoms with Crippen LogP contribution < -0.4 is 5.32 Å². The maximum atomic E-state index is 11.9. The fourth-order valence-corrected chi connectivity index (χ4v) is 2.05. The molecule has 1 aromatic heterocycles. The Labute approximate surface area is 111 Å². The van der Waals surface area contributed by atoms with Crippen molar-refractivity contribution in [3.63, 3.8) is 0 Å². The van der Waals surface area contributed by atoms with Gasteiger partial charge in [0.25, 0.3) is 5.91 Å². The molecule has 0 aliphatic carbocycles. The Morgan fingerprint density at radius 3 is 2.78 bits per heavy atom. The molecule has 18 heavy (non-hydrogen) atoms. The zero-order valence-corrected chi connectivity index (χ0v) is 10.9. The molecular weight excluding hydrogens is 304 g/mol. The van der Waals surface area contributed by atoms with Gasteiger partial charge in [-0.1, -0.05) is 0 Å². The molecule has 0 saturated carbocycles. The van der Waals surface area contributed by atoms with Crippen LogP contribution in [0.2, 0.25) is 0 Å². The van der Waals surface area contributed by atoms with Crippen molar-refractivity contribution in [1.82, 2.24) is 4.98 Å². The number of carbonyl (C=O) groups excluding carboxylic acids is 1. The number of aliphatic carboxylic acids is 1. The summed E-state index contributed by atoms with van der Waals surface area (Å²) in [7, 11) is 0. The van der Waals surface area contributed by atoms with E-state index < -0.39 is 18.2 Å². The monoisotopic (exact) mass is 314 g/mol. The smallest absolute Gasteiger partial charge is 0.332 e. The third-order valence-electron chi connectivity index (χ3n) is 2.62. The number of aromatic nitrogens is 1. The van der Waals surface area contributed by atoms with E-state index in [0.717, 1.165) is 0 Å². The summed E-state index contributed by atoms with van der Waals surface area (Å²) >= 11 is 3.26. The molecule has 1 aliphatic rings. The van der Waals surface area contributed by atoms with Gasteiger partial charge in [0, 0.05) is 12.4 Å². The number of nitrogens with zero attached hydrogens (tertiary/aromatic N) is 1. The van der Waals surface area contributed by atoms with Crippen molar-refractivity contribution >= 4 is 33.5 Å². The third kappa shape index (κ3) is 2.85. The minimum Gasteiger partial charge on any atom is -0.479 e. The molecule has 1 saturated heterocycles. The number of hydrogen-bond acceptors (Lipinski definition) is 4. The summed E-state index contributed by atoms with van der Waals surface area (Å²) in [5, 5.41) is 11.4. The second-order valence-electron chi connectivity index (χ2n) is 3.87. The van der Waals surface area contributed by atoms with Crippen LogP contribution in [-0.2, 0) is 14.3 Å². The quantitative estimate of drug-likeness (QED) is 0.880. The van der Waals surface area contributed by atoms with Crippen molar-refractivity contribution in [2.24, 2.45) is 0 Å². The maximum absolute atomic E-state index is 11.9. The van der Waals surface area contributed by atoms with Crippen LogP contribution in [0.5, 0.6) is 0 Å². The molecule has 1 amide bonds. The van der Waals surface area contributed by atoms with Gasteiger partial charge in [0.2, 0.25) is 0 Å². The lowest BCUT2D eigenvalue weighted by Gasteiger charge is -2.12. The highest BCUT2D eigenvalue weighted by Crippen LogP contribution is 2.24. The lowest BCUT2D eigenvalue weighted by molar-refractivity contribution is -0.150. The number of pyridine rings is 1. The highest BCUT2D eigenvalue weighted by molar-refractivity contribution is 9.10. The summed E-state index contributed by atoms with van der Waals surface area (Å²) in [6, 6.07) is 1.64. The molecule has 96 valence electrons. The standard InChI is InChI=1S/C11H11BrN2O4/c12-6-5-13-4-3-7(6)14-10(15)8-1-2-9(18-8)11(16)17/h3-5,8-9H,1-2H2,(H,16,17)(H,13,14,15)/t8-,9+/m0/s1.